The Hall–Kier alpha value is -1.80. The fraction of sp³-hybridized carbons (Fsp3) is 0.222. The molecule has 0 fully saturated rings. The van der Waals surface area contributed by atoms with Crippen molar-refractivity contribution in [1.82, 2.24) is 15.0 Å². The Bertz CT molecular complexity index is 521. The zero-order valence-corrected chi connectivity index (χ0v) is 10.2. The number of aryl methyl sites for hydroxylation is 2. The Kier molecular flexibility index (Phi) is 3.16. The second-order valence-electron chi connectivity index (χ2n) is 3.32. The number of hydrogen-bond donors (Lipinski definition) is 3. The summed E-state index contributed by atoms with van der Waals surface area (Å²) < 4.78 is 5.43. The van der Waals surface area contributed by atoms with Crippen molar-refractivity contribution in [3.8, 4) is 0 Å². The Labute approximate surface area is 102 Å². The molecule has 17 heavy (non-hydrogen) atoms. The zero-order chi connectivity index (χ0) is 12.4. The van der Waals surface area contributed by atoms with E-state index in [0.29, 0.717) is 16.1 Å². The molecule has 0 amide bonds. The van der Waals surface area contributed by atoms with Crippen LogP contribution in [-0.2, 0) is 0 Å². The van der Waals surface area contributed by atoms with E-state index < -0.39 is 0 Å². The molecule has 0 radical (unpaired) electrons. The van der Waals surface area contributed by atoms with Crippen LogP contribution in [0.5, 0.6) is 0 Å². The van der Waals surface area contributed by atoms with Crippen LogP contribution in [0.4, 0.5) is 11.8 Å². The molecule has 0 aliphatic heterocycles. The molecule has 0 saturated carbocycles. The van der Waals surface area contributed by atoms with Crippen molar-refractivity contribution < 1.29 is 4.42 Å². The molecule has 8 heteroatoms. The monoisotopic (exact) mass is 252 g/mol. The van der Waals surface area contributed by atoms with Gasteiger partial charge in [0.1, 0.15) is 16.6 Å². The molecular weight excluding hydrogens is 240 g/mol. The fourth-order valence-electron chi connectivity index (χ4n) is 1.15. The van der Waals surface area contributed by atoms with Crippen molar-refractivity contribution in [1.29, 1.82) is 0 Å². The van der Waals surface area contributed by atoms with Crippen LogP contribution in [0, 0.1) is 13.8 Å². The lowest BCUT2D eigenvalue weighted by molar-refractivity contribution is 0.431. The average Bonchev–Trinajstić information content (AvgIpc) is 2.57. The first-order valence-corrected chi connectivity index (χ1v) is 5.63. The summed E-state index contributed by atoms with van der Waals surface area (Å²) in [4.78, 5) is 12.2. The Morgan fingerprint density at radius 2 is 2.06 bits per heavy atom. The third-order valence-electron chi connectivity index (χ3n) is 2.07. The highest BCUT2D eigenvalue weighted by Crippen LogP contribution is 2.28. The molecule has 2 aromatic heterocycles. The molecule has 2 aromatic rings. The van der Waals surface area contributed by atoms with Gasteiger partial charge in [0.05, 0.1) is 5.69 Å². The lowest BCUT2D eigenvalue weighted by Crippen LogP contribution is -2.10. The minimum atomic E-state index is 0.142. The van der Waals surface area contributed by atoms with Gasteiger partial charge in [0.25, 0.3) is 5.22 Å². The second-order valence-corrected chi connectivity index (χ2v) is 4.29. The van der Waals surface area contributed by atoms with E-state index in [0.717, 1.165) is 11.5 Å². The molecule has 2 rings (SSSR count). The quantitative estimate of drug-likeness (QED) is 0.422. The van der Waals surface area contributed by atoms with Gasteiger partial charge in [-0.15, -0.1) is 0 Å². The lowest BCUT2D eigenvalue weighted by Gasteiger charge is -2.02. The SMILES string of the molecule is Cc1nc(Sc2cc(NN)nc(N)n2)oc1C. The van der Waals surface area contributed by atoms with Crippen LogP contribution < -0.4 is 17.0 Å². The van der Waals surface area contributed by atoms with Crippen LogP contribution in [0.3, 0.4) is 0 Å². The van der Waals surface area contributed by atoms with Gasteiger partial charge >= 0.3 is 0 Å². The summed E-state index contributed by atoms with van der Waals surface area (Å²) in [5, 5.41) is 1.13. The minimum Gasteiger partial charge on any atom is -0.436 e. The highest BCUT2D eigenvalue weighted by atomic mass is 32.2. The molecule has 7 nitrogen and oxygen atoms in total. The number of nitrogens with two attached hydrogens (primary N) is 2. The molecule has 0 aliphatic carbocycles. The smallest absolute Gasteiger partial charge is 0.262 e. The zero-order valence-electron chi connectivity index (χ0n) is 9.39. The summed E-state index contributed by atoms with van der Waals surface area (Å²) in [6.45, 7) is 3.73. The molecule has 0 atom stereocenters. The van der Waals surface area contributed by atoms with Crippen molar-refractivity contribution in [3.05, 3.63) is 17.5 Å². The largest absolute Gasteiger partial charge is 0.436 e. The number of hydrazine groups is 1. The first-order chi connectivity index (χ1) is 8.08. The number of rotatable bonds is 3. The van der Waals surface area contributed by atoms with E-state index in [-0.39, 0.29) is 5.95 Å². The highest BCUT2D eigenvalue weighted by molar-refractivity contribution is 7.99. The van der Waals surface area contributed by atoms with E-state index in [1.165, 1.54) is 11.8 Å². The predicted octanol–water partition coefficient (Wildman–Crippen LogP) is 1.10. The van der Waals surface area contributed by atoms with Gasteiger partial charge in [-0.1, -0.05) is 0 Å². The van der Waals surface area contributed by atoms with E-state index >= 15 is 0 Å². The molecule has 2 heterocycles. The molecule has 5 N–H and O–H groups in total. The Morgan fingerprint density at radius 3 is 2.65 bits per heavy atom. The van der Waals surface area contributed by atoms with Gasteiger partial charge in [-0.05, 0) is 25.6 Å². The molecule has 0 unspecified atom stereocenters. The van der Waals surface area contributed by atoms with Crippen molar-refractivity contribution in [2.45, 2.75) is 24.1 Å². The van der Waals surface area contributed by atoms with E-state index in [2.05, 4.69) is 20.4 Å². The Morgan fingerprint density at radius 1 is 1.29 bits per heavy atom. The van der Waals surface area contributed by atoms with Crippen LogP contribution in [-0.4, -0.2) is 15.0 Å². The molecule has 0 saturated heterocycles. The number of oxazole rings is 1. The molecule has 0 bridgehead atoms. The maximum atomic E-state index is 5.54. The summed E-state index contributed by atoms with van der Waals surface area (Å²) in [5.41, 5.74) is 8.81. The van der Waals surface area contributed by atoms with Gasteiger partial charge in [-0.3, -0.25) is 0 Å². The van der Waals surface area contributed by atoms with Gasteiger partial charge in [0.15, 0.2) is 0 Å². The van der Waals surface area contributed by atoms with Crippen molar-refractivity contribution in [3.63, 3.8) is 0 Å². The molecule has 0 aromatic carbocycles. The van der Waals surface area contributed by atoms with Crippen LogP contribution in [0.15, 0.2) is 20.7 Å². The van der Waals surface area contributed by atoms with E-state index in [4.69, 9.17) is 16.0 Å². The summed E-state index contributed by atoms with van der Waals surface area (Å²) in [6.07, 6.45) is 0. The van der Waals surface area contributed by atoms with Crippen molar-refractivity contribution >= 4 is 23.5 Å². The van der Waals surface area contributed by atoms with E-state index in [1.807, 2.05) is 13.8 Å². The van der Waals surface area contributed by atoms with Crippen LogP contribution in [0.1, 0.15) is 11.5 Å². The number of aromatic nitrogens is 3. The molecule has 0 spiro atoms. The van der Waals surface area contributed by atoms with Crippen LogP contribution in [0.2, 0.25) is 0 Å². The number of anilines is 2. The third-order valence-corrected chi connectivity index (χ3v) is 2.84. The number of nitrogen functional groups attached to an aromatic ring is 2. The van der Waals surface area contributed by atoms with Gasteiger partial charge < -0.3 is 15.6 Å². The number of nitrogens with zero attached hydrogens (tertiary/aromatic N) is 3. The molecule has 0 aliphatic rings. The Balaban J connectivity index is 2.26. The predicted molar refractivity (Wildman–Crippen MR) is 64.4 cm³/mol. The topological polar surface area (TPSA) is 116 Å². The van der Waals surface area contributed by atoms with Crippen molar-refractivity contribution in [2.24, 2.45) is 5.84 Å². The normalized spacial score (nSPS) is 10.5. The standard InChI is InChI=1S/C9H12N6OS/c1-4-5(2)16-9(12-4)17-7-3-6(15-11)13-8(10)14-7/h3H,11H2,1-2H3,(H3,10,13,14,15). The van der Waals surface area contributed by atoms with Gasteiger partial charge in [0, 0.05) is 6.07 Å². The lowest BCUT2D eigenvalue weighted by atomic mass is 10.4. The number of hydrogen-bond acceptors (Lipinski definition) is 8. The molecule has 90 valence electrons. The van der Waals surface area contributed by atoms with Gasteiger partial charge in [-0.2, -0.15) is 4.98 Å². The third kappa shape index (κ3) is 2.66. The minimum absolute atomic E-state index is 0.142. The highest BCUT2D eigenvalue weighted by Gasteiger charge is 2.10. The van der Waals surface area contributed by atoms with Gasteiger partial charge in [-0.25, -0.2) is 15.8 Å². The average molecular weight is 252 g/mol. The summed E-state index contributed by atoms with van der Waals surface area (Å²) in [6, 6.07) is 1.66. The second kappa shape index (κ2) is 4.60. The number of nitrogens with one attached hydrogen (secondary N) is 1. The summed E-state index contributed by atoms with van der Waals surface area (Å²) in [7, 11) is 0. The first kappa shape index (κ1) is 11.7. The van der Waals surface area contributed by atoms with Crippen LogP contribution >= 0.6 is 11.8 Å². The maximum absolute atomic E-state index is 5.54. The maximum Gasteiger partial charge on any atom is 0.262 e. The van der Waals surface area contributed by atoms with Gasteiger partial charge in [0.2, 0.25) is 5.95 Å². The summed E-state index contributed by atoms with van der Waals surface area (Å²) in [5.74, 6) is 6.64. The van der Waals surface area contributed by atoms with Crippen LogP contribution in [0.25, 0.3) is 0 Å². The first-order valence-electron chi connectivity index (χ1n) is 4.81. The molecular formula is C9H12N6OS. The van der Waals surface area contributed by atoms with Crippen molar-refractivity contribution in [2.75, 3.05) is 11.2 Å². The fourth-order valence-corrected chi connectivity index (χ4v) is 1.98. The summed E-state index contributed by atoms with van der Waals surface area (Å²) >= 11 is 1.26. The van der Waals surface area contributed by atoms with E-state index in [9.17, 15) is 0 Å². The van der Waals surface area contributed by atoms with E-state index in [1.54, 1.807) is 6.07 Å².